The Morgan fingerprint density at radius 1 is 1.29 bits per heavy atom. The van der Waals surface area contributed by atoms with E-state index in [1.165, 1.54) is 11.3 Å². The van der Waals surface area contributed by atoms with Gasteiger partial charge in [0.05, 0.1) is 5.56 Å². The summed E-state index contributed by atoms with van der Waals surface area (Å²) in [6.07, 6.45) is 0.932. The Hall–Kier alpha value is -1.69. The van der Waals surface area contributed by atoms with E-state index in [1.54, 1.807) is 0 Å². The van der Waals surface area contributed by atoms with Gasteiger partial charge < -0.3 is 9.88 Å². The lowest BCUT2D eigenvalue weighted by molar-refractivity contribution is 0.597. The molecular formula is C15H22N4OS. The fourth-order valence-corrected chi connectivity index (χ4v) is 3.10. The van der Waals surface area contributed by atoms with E-state index in [4.69, 9.17) is 0 Å². The van der Waals surface area contributed by atoms with E-state index in [0.717, 1.165) is 30.3 Å². The summed E-state index contributed by atoms with van der Waals surface area (Å²) >= 11 is 1.42. The molecule has 0 amide bonds. The molecule has 1 N–H and O–H groups in total. The number of nitrogens with one attached hydrogen (secondary N) is 1. The van der Waals surface area contributed by atoms with E-state index in [1.807, 2.05) is 23.6 Å². The smallest absolute Gasteiger partial charge is 0.261 e. The second-order valence-corrected chi connectivity index (χ2v) is 6.20. The summed E-state index contributed by atoms with van der Waals surface area (Å²) in [5.41, 5.74) is 1.73. The molecule has 0 aliphatic rings. The fourth-order valence-electron chi connectivity index (χ4n) is 2.27. The molecule has 0 saturated carbocycles. The molecule has 0 radical (unpaired) electrons. The first-order valence-corrected chi connectivity index (χ1v) is 8.21. The van der Waals surface area contributed by atoms with Gasteiger partial charge in [0.2, 0.25) is 5.13 Å². The molecule has 0 fully saturated rings. The molecule has 2 heterocycles. The maximum atomic E-state index is 12.7. The van der Waals surface area contributed by atoms with Crippen molar-refractivity contribution in [2.75, 3.05) is 11.9 Å². The van der Waals surface area contributed by atoms with Crippen molar-refractivity contribution in [1.29, 1.82) is 0 Å². The molecule has 0 atom stereocenters. The van der Waals surface area contributed by atoms with E-state index in [-0.39, 0.29) is 5.56 Å². The zero-order valence-electron chi connectivity index (χ0n) is 13.0. The molecule has 0 unspecified atom stereocenters. The molecule has 0 aromatic carbocycles. The third kappa shape index (κ3) is 3.32. The third-order valence-corrected chi connectivity index (χ3v) is 4.14. The van der Waals surface area contributed by atoms with Gasteiger partial charge in [-0.15, -0.1) is 10.2 Å². The standard InChI is InChI=1S/C15H22N4OS/c1-5-9-19-12(10(3)4)8-7-11(14(19)20)13-17-18-15(21-13)16-6-2/h7-8,10H,5-6,9H2,1-4H3,(H,16,18). The van der Waals surface area contributed by atoms with Crippen LogP contribution in [0.1, 0.15) is 45.7 Å². The minimum absolute atomic E-state index is 0.0299. The van der Waals surface area contributed by atoms with Crippen molar-refractivity contribution in [3.8, 4) is 10.6 Å². The second-order valence-electron chi connectivity index (χ2n) is 5.23. The van der Waals surface area contributed by atoms with E-state index in [9.17, 15) is 4.79 Å². The van der Waals surface area contributed by atoms with Gasteiger partial charge >= 0.3 is 0 Å². The number of hydrogen-bond donors (Lipinski definition) is 1. The molecule has 21 heavy (non-hydrogen) atoms. The van der Waals surface area contributed by atoms with Crippen LogP contribution in [0.4, 0.5) is 5.13 Å². The molecule has 0 spiro atoms. The quantitative estimate of drug-likeness (QED) is 0.889. The Morgan fingerprint density at radius 2 is 2.05 bits per heavy atom. The zero-order chi connectivity index (χ0) is 15.4. The van der Waals surface area contributed by atoms with Crippen LogP contribution >= 0.6 is 11.3 Å². The van der Waals surface area contributed by atoms with Crippen molar-refractivity contribution in [3.63, 3.8) is 0 Å². The molecule has 5 nitrogen and oxygen atoms in total. The normalized spacial score (nSPS) is 11.1. The van der Waals surface area contributed by atoms with Crippen LogP contribution in [0.5, 0.6) is 0 Å². The minimum atomic E-state index is 0.0299. The SMILES string of the molecule is CCCn1c(C(C)C)ccc(-c2nnc(NCC)s2)c1=O. The van der Waals surface area contributed by atoms with Crippen molar-refractivity contribution in [1.82, 2.24) is 14.8 Å². The van der Waals surface area contributed by atoms with Gasteiger partial charge in [0.1, 0.15) is 0 Å². The van der Waals surface area contributed by atoms with Crippen LogP contribution in [0.15, 0.2) is 16.9 Å². The Morgan fingerprint density at radius 3 is 2.67 bits per heavy atom. The van der Waals surface area contributed by atoms with Gasteiger partial charge in [0, 0.05) is 18.8 Å². The highest BCUT2D eigenvalue weighted by molar-refractivity contribution is 7.18. The van der Waals surface area contributed by atoms with E-state index in [2.05, 4.69) is 36.3 Å². The van der Waals surface area contributed by atoms with E-state index in [0.29, 0.717) is 16.5 Å². The first-order valence-electron chi connectivity index (χ1n) is 7.39. The number of anilines is 1. The number of rotatable bonds is 6. The van der Waals surface area contributed by atoms with Gasteiger partial charge in [-0.3, -0.25) is 4.79 Å². The Balaban J connectivity index is 2.49. The van der Waals surface area contributed by atoms with Gasteiger partial charge in [-0.1, -0.05) is 32.1 Å². The van der Waals surface area contributed by atoms with Gasteiger partial charge in [0.15, 0.2) is 5.01 Å². The van der Waals surface area contributed by atoms with Crippen LogP contribution in [0.25, 0.3) is 10.6 Å². The summed E-state index contributed by atoms with van der Waals surface area (Å²) in [6.45, 7) is 9.83. The summed E-state index contributed by atoms with van der Waals surface area (Å²) in [6, 6.07) is 3.91. The van der Waals surface area contributed by atoms with Crippen LogP contribution in [0.2, 0.25) is 0 Å². The molecule has 0 saturated heterocycles. The average molecular weight is 306 g/mol. The lowest BCUT2D eigenvalue weighted by Gasteiger charge is -2.15. The van der Waals surface area contributed by atoms with Crippen molar-refractivity contribution in [2.24, 2.45) is 0 Å². The molecule has 6 heteroatoms. The van der Waals surface area contributed by atoms with E-state index >= 15 is 0 Å². The van der Waals surface area contributed by atoms with Gasteiger partial charge in [0.25, 0.3) is 5.56 Å². The van der Waals surface area contributed by atoms with Crippen molar-refractivity contribution >= 4 is 16.5 Å². The third-order valence-electron chi connectivity index (χ3n) is 3.23. The largest absolute Gasteiger partial charge is 0.360 e. The number of nitrogens with zero attached hydrogens (tertiary/aromatic N) is 3. The topological polar surface area (TPSA) is 59.8 Å². The zero-order valence-corrected chi connectivity index (χ0v) is 13.8. The molecule has 2 rings (SSSR count). The minimum Gasteiger partial charge on any atom is -0.360 e. The Kier molecular flexibility index (Phi) is 5.12. The Labute approximate surface area is 129 Å². The molecule has 0 aliphatic heterocycles. The highest BCUT2D eigenvalue weighted by atomic mass is 32.1. The summed E-state index contributed by atoms with van der Waals surface area (Å²) in [4.78, 5) is 12.7. The predicted octanol–water partition coefficient (Wildman–Crippen LogP) is 3.33. The van der Waals surface area contributed by atoms with Crippen LogP contribution in [-0.2, 0) is 6.54 Å². The van der Waals surface area contributed by atoms with Crippen LogP contribution < -0.4 is 10.9 Å². The molecule has 2 aromatic heterocycles. The summed E-state index contributed by atoms with van der Waals surface area (Å²) < 4.78 is 1.87. The van der Waals surface area contributed by atoms with Crippen molar-refractivity contribution in [2.45, 2.75) is 46.6 Å². The number of aromatic nitrogens is 3. The monoisotopic (exact) mass is 306 g/mol. The lowest BCUT2D eigenvalue weighted by Crippen LogP contribution is -2.25. The first-order chi connectivity index (χ1) is 10.1. The molecule has 0 aliphatic carbocycles. The maximum absolute atomic E-state index is 12.7. The van der Waals surface area contributed by atoms with Gasteiger partial charge in [-0.25, -0.2) is 0 Å². The van der Waals surface area contributed by atoms with Crippen LogP contribution in [0, 0.1) is 0 Å². The molecule has 0 bridgehead atoms. The number of pyridine rings is 1. The second kappa shape index (κ2) is 6.85. The lowest BCUT2D eigenvalue weighted by atomic mass is 10.1. The van der Waals surface area contributed by atoms with Gasteiger partial charge in [-0.2, -0.15) is 0 Å². The summed E-state index contributed by atoms with van der Waals surface area (Å²) in [7, 11) is 0. The fraction of sp³-hybridized carbons (Fsp3) is 0.533. The first kappa shape index (κ1) is 15.7. The maximum Gasteiger partial charge on any atom is 0.261 e. The summed E-state index contributed by atoms with van der Waals surface area (Å²) in [5, 5.41) is 12.8. The summed E-state index contributed by atoms with van der Waals surface area (Å²) in [5.74, 6) is 0.324. The van der Waals surface area contributed by atoms with Crippen molar-refractivity contribution in [3.05, 3.63) is 28.2 Å². The van der Waals surface area contributed by atoms with Crippen molar-refractivity contribution < 1.29 is 0 Å². The molecular weight excluding hydrogens is 284 g/mol. The van der Waals surface area contributed by atoms with Gasteiger partial charge in [-0.05, 0) is 31.4 Å². The molecule has 2 aromatic rings. The van der Waals surface area contributed by atoms with E-state index < -0.39 is 0 Å². The van der Waals surface area contributed by atoms with Crippen LogP contribution in [0.3, 0.4) is 0 Å². The number of hydrogen-bond acceptors (Lipinski definition) is 5. The highest BCUT2D eigenvalue weighted by Gasteiger charge is 2.15. The van der Waals surface area contributed by atoms with Crippen LogP contribution in [-0.4, -0.2) is 21.3 Å². The molecule has 114 valence electrons. The Bertz CT molecular complexity index is 660. The predicted molar refractivity (Wildman–Crippen MR) is 88.1 cm³/mol. The average Bonchev–Trinajstić information content (AvgIpc) is 2.89. The highest BCUT2D eigenvalue weighted by Crippen LogP contribution is 2.25.